The Hall–Kier alpha value is -0.510. The van der Waals surface area contributed by atoms with Gasteiger partial charge in [-0.3, -0.25) is 0 Å². The number of piperidine rings is 1. The number of aliphatic hydroxyl groups excluding tert-OH is 1. The minimum atomic E-state index is -0.200. The predicted octanol–water partition coefficient (Wildman–Crippen LogP) is 1.84. The highest BCUT2D eigenvalue weighted by Crippen LogP contribution is 2.29. The molecular weight excluding hydrogens is 206 g/mol. The largest absolute Gasteiger partial charge is 0.391 e. The second-order valence-electron chi connectivity index (χ2n) is 4.09. The fraction of sp³-hybridized carbons (Fsp3) is 0.500. The van der Waals surface area contributed by atoms with E-state index in [1.54, 1.807) is 11.8 Å². The zero-order valence-electron chi connectivity index (χ0n) is 8.97. The van der Waals surface area contributed by atoms with E-state index >= 15 is 0 Å². The average Bonchev–Trinajstić information content (AvgIpc) is 2.24. The number of hydrogen-bond acceptors (Lipinski definition) is 3. The molecule has 1 aromatic rings. The first-order valence-corrected chi connectivity index (χ1v) is 6.22. The van der Waals surface area contributed by atoms with Gasteiger partial charge in [0.05, 0.1) is 6.10 Å². The number of likely N-dealkylation sites (N-methyl/N-ethyl adjacent to an activating group) is 1. The van der Waals surface area contributed by atoms with E-state index in [1.165, 1.54) is 4.90 Å². The summed E-state index contributed by atoms with van der Waals surface area (Å²) in [4.78, 5) is 3.44. The number of likely N-dealkylation sites (tertiary alicyclic amines) is 1. The summed E-state index contributed by atoms with van der Waals surface area (Å²) in [7, 11) is 2.06. The summed E-state index contributed by atoms with van der Waals surface area (Å²) < 4.78 is 0. The summed E-state index contributed by atoms with van der Waals surface area (Å²) in [6, 6.07) is 10.3. The maximum Gasteiger partial charge on any atom is 0.0789 e. The van der Waals surface area contributed by atoms with E-state index in [9.17, 15) is 5.11 Å². The molecule has 0 aliphatic carbocycles. The minimum Gasteiger partial charge on any atom is -0.391 e. The molecule has 1 aromatic carbocycles. The average molecular weight is 223 g/mol. The van der Waals surface area contributed by atoms with Crippen molar-refractivity contribution in [2.24, 2.45) is 0 Å². The molecule has 0 bridgehead atoms. The molecule has 1 aliphatic heterocycles. The van der Waals surface area contributed by atoms with Gasteiger partial charge in [-0.1, -0.05) is 18.2 Å². The third kappa shape index (κ3) is 2.97. The van der Waals surface area contributed by atoms with E-state index in [1.807, 2.05) is 18.2 Å². The molecule has 82 valence electrons. The van der Waals surface area contributed by atoms with Crippen molar-refractivity contribution in [1.82, 2.24) is 4.90 Å². The van der Waals surface area contributed by atoms with Crippen molar-refractivity contribution in [3.05, 3.63) is 30.3 Å². The van der Waals surface area contributed by atoms with Crippen molar-refractivity contribution in [2.45, 2.75) is 22.7 Å². The van der Waals surface area contributed by atoms with Crippen molar-refractivity contribution >= 4 is 11.8 Å². The van der Waals surface area contributed by atoms with Crippen LogP contribution in [0, 0.1) is 0 Å². The van der Waals surface area contributed by atoms with Crippen molar-refractivity contribution in [1.29, 1.82) is 0 Å². The Morgan fingerprint density at radius 3 is 2.73 bits per heavy atom. The SMILES string of the molecule is CN1CCC(Sc2ccccc2)C(O)C1. The molecule has 1 N–H and O–H groups in total. The lowest BCUT2D eigenvalue weighted by Gasteiger charge is -2.33. The van der Waals surface area contributed by atoms with Gasteiger partial charge < -0.3 is 10.0 Å². The van der Waals surface area contributed by atoms with Crippen LogP contribution >= 0.6 is 11.8 Å². The number of rotatable bonds is 2. The second-order valence-corrected chi connectivity index (χ2v) is 5.40. The monoisotopic (exact) mass is 223 g/mol. The molecule has 2 rings (SSSR count). The Morgan fingerprint density at radius 2 is 2.07 bits per heavy atom. The van der Waals surface area contributed by atoms with E-state index in [0.29, 0.717) is 5.25 Å². The number of β-amino-alcohol motifs (C(OH)–C–C–N with tert-alkyl or cyclic N) is 1. The highest BCUT2D eigenvalue weighted by atomic mass is 32.2. The number of hydrogen-bond donors (Lipinski definition) is 1. The van der Waals surface area contributed by atoms with E-state index in [2.05, 4.69) is 24.1 Å². The Kier molecular flexibility index (Phi) is 3.67. The van der Waals surface area contributed by atoms with Gasteiger partial charge in [0.25, 0.3) is 0 Å². The lowest BCUT2D eigenvalue weighted by molar-refractivity contribution is 0.0905. The van der Waals surface area contributed by atoms with Crippen LogP contribution in [-0.2, 0) is 0 Å². The topological polar surface area (TPSA) is 23.5 Å². The van der Waals surface area contributed by atoms with Crippen LogP contribution in [0.2, 0.25) is 0 Å². The van der Waals surface area contributed by atoms with Crippen LogP contribution in [0.4, 0.5) is 0 Å². The zero-order valence-corrected chi connectivity index (χ0v) is 9.78. The zero-order chi connectivity index (χ0) is 10.7. The van der Waals surface area contributed by atoms with Crippen molar-refractivity contribution < 1.29 is 5.11 Å². The summed E-state index contributed by atoms with van der Waals surface area (Å²) in [6.07, 6.45) is 0.867. The Morgan fingerprint density at radius 1 is 1.33 bits per heavy atom. The first-order valence-electron chi connectivity index (χ1n) is 5.34. The molecule has 15 heavy (non-hydrogen) atoms. The molecule has 1 aliphatic rings. The Balaban J connectivity index is 1.95. The van der Waals surface area contributed by atoms with Gasteiger partial charge in [0.15, 0.2) is 0 Å². The standard InChI is InChI=1S/C12H17NOS/c1-13-8-7-12(11(14)9-13)15-10-5-3-2-4-6-10/h2-6,11-12,14H,7-9H2,1H3. The first kappa shape index (κ1) is 11.0. The van der Waals surface area contributed by atoms with Crippen LogP contribution in [0.5, 0.6) is 0 Å². The molecule has 1 heterocycles. The van der Waals surface area contributed by atoms with Crippen LogP contribution in [0.15, 0.2) is 35.2 Å². The summed E-state index contributed by atoms with van der Waals surface area (Å²) in [5.74, 6) is 0. The van der Waals surface area contributed by atoms with E-state index in [-0.39, 0.29) is 6.10 Å². The number of thioether (sulfide) groups is 1. The van der Waals surface area contributed by atoms with Gasteiger partial charge in [0.1, 0.15) is 0 Å². The molecule has 1 saturated heterocycles. The van der Waals surface area contributed by atoms with Crippen molar-refractivity contribution in [3.8, 4) is 0 Å². The number of nitrogens with zero attached hydrogens (tertiary/aromatic N) is 1. The lowest BCUT2D eigenvalue weighted by Crippen LogP contribution is -2.43. The maximum absolute atomic E-state index is 9.94. The molecule has 0 aromatic heterocycles. The van der Waals surface area contributed by atoms with Gasteiger partial charge in [-0.05, 0) is 32.1 Å². The quantitative estimate of drug-likeness (QED) is 0.827. The van der Waals surface area contributed by atoms with Gasteiger partial charge in [0, 0.05) is 16.7 Å². The highest BCUT2D eigenvalue weighted by Gasteiger charge is 2.26. The predicted molar refractivity (Wildman–Crippen MR) is 64.2 cm³/mol. The highest BCUT2D eigenvalue weighted by molar-refractivity contribution is 8.00. The Labute approximate surface area is 95.3 Å². The number of aliphatic hydroxyl groups is 1. The molecule has 2 unspecified atom stereocenters. The van der Waals surface area contributed by atoms with E-state index in [0.717, 1.165) is 19.5 Å². The fourth-order valence-electron chi connectivity index (χ4n) is 1.88. The first-order chi connectivity index (χ1) is 7.25. The van der Waals surface area contributed by atoms with Crippen LogP contribution in [0.1, 0.15) is 6.42 Å². The molecule has 2 atom stereocenters. The molecular formula is C12H17NOS. The minimum absolute atomic E-state index is 0.200. The van der Waals surface area contributed by atoms with Crippen molar-refractivity contribution in [2.75, 3.05) is 20.1 Å². The molecule has 0 amide bonds. The molecule has 0 saturated carbocycles. The summed E-state index contributed by atoms with van der Waals surface area (Å²) in [6.45, 7) is 1.88. The Bertz CT molecular complexity index is 304. The molecule has 2 nitrogen and oxygen atoms in total. The maximum atomic E-state index is 9.94. The summed E-state index contributed by atoms with van der Waals surface area (Å²) in [5.41, 5.74) is 0. The third-order valence-corrected chi connectivity index (χ3v) is 4.15. The van der Waals surface area contributed by atoms with Crippen LogP contribution in [0.25, 0.3) is 0 Å². The fourth-order valence-corrected chi connectivity index (χ4v) is 3.01. The van der Waals surface area contributed by atoms with Gasteiger partial charge in [0.2, 0.25) is 0 Å². The van der Waals surface area contributed by atoms with Crippen LogP contribution in [-0.4, -0.2) is 41.5 Å². The smallest absolute Gasteiger partial charge is 0.0789 e. The van der Waals surface area contributed by atoms with Gasteiger partial charge >= 0.3 is 0 Å². The molecule has 1 fully saturated rings. The normalized spacial score (nSPS) is 27.9. The van der Waals surface area contributed by atoms with Gasteiger partial charge in [-0.25, -0.2) is 0 Å². The van der Waals surface area contributed by atoms with Gasteiger partial charge in [-0.2, -0.15) is 0 Å². The second kappa shape index (κ2) is 5.01. The lowest BCUT2D eigenvalue weighted by atomic mass is 10.1. The molecule has 0 radical (unpaired) electrons. The van der Waals surface area contributed by atoms with E-state index < -0.39 is 0 Å². The van der Waals surface area contributed by atoms with Crippen molar-refractivity contribution in [3.63, 3.8) is 0 Å². The number of benzene rings is 1. The van der Waals surface area contributed by atoms with Gasteiger partial charge in [-0.15, -0.1) is 11.8 Å². The van der Waals surface area contributed by atoms with E-state index in [4.69, 9.17) is 0 Å². The van der Waals surface area contributed by atoms with Crippen LogP contribution in [0.3, 0.4) is 0 Å². The summed E-state index contributed by atoms with van der Waals surface area (Å²) in [5, 5.41) is 10.3. The molecule has 3 heteroatoms. The third-order valence-electron chi connectivity index (χ3n) is 2.75. The van der Waals surface area contributed by atoms with Crippen LogP contribution < -0.4 is 0 Å². The summed E-state index contributed by atoms with van der Waals surface area (Å²) >= 11 is 1.80. The molecule has 0 spiro atoms.